The summed E-state index contributed by atoms with van der Waals surface area (Å²) in [6.45, 7) is 0. The maximum atomic E-state index is 11.6. The van der Waals surface area contributed by atoms with Crippen LogP contribution in [-0.2, 0) is 6.42 Å². The van der Waals surface area contributed by atoms with Crippen LogP contribution in [0.4, 0.5) is 0 Å². The summed E-state index contributed by atoms with van der Waals surface area (Å²) in [6, 6.07) is 2.34. The molecule has 14 heavy (non-hydrogen) atoms. The van der Waals surface area contributed by atoms with Gasteiger partial charge in [0, 0.05) is 11.1 Å². The van der Waals surface area contributed by atoms with E-state index in [1.807, 2.05) is 0 Å². The lowest BCUT2D eigenvalue weighted by Crippen LogP contribution is -2.35. The van der Waals surface area contributed by atoms with Crippen molar-refractivity contribution < 1.29 is 15.0 Å². The second-order valence-electron chi connectivity index (χ2n) is 3.47. The number of ketones is 1. The van der Waals surface area contributed by atoms with E-state index in [1.165, 1.54) is 12.1 Å². The van der Waals surface area contributed by atoms with Crippen molar-refractivity contribution in [2.75, 3.05) is 0 Å². The van der Waals surface area contributed by atoms with Crippen molar-refractivity contribution in [3.8, 4) is 11.5 Å². The molecule has 0 saturated heterocycles. The van der Waals surface area contributed by atoms with E-state index in [9.17, 15) is 15.0 Å². The van der Waals surface area contributed by atoms with Gasteiger partial charge in [-0.15, -0.1) is 0 Å². The normalized spacial score (nSPS) is 20.6. The molecule has 0 spiro atoms. The summed E-state index contributed by atoms with van der Waals surface area (Å²) in [5.41, 5.74) is 6.53. The molecular formula is C10H11NO3. The van der Waals surface area contributed by atoms with Crippen LogP contribution in [0.2, 0.25) is 0 Å². The molecule has 0 aliphatic heterocycles. The van der Waals surface area contributed by atoms with Crippen molar-refractivity contribution in [1.82, 2.24) is 0 Å². The zero-order valence-electron chi connectivity index (χ0n) is 7.53. The molecule has 1 aromatic carbocycles. The fourth-order valence-corrected chi connectivity index (χ4v) is 1.74. The third-order valence-corrected chi connectivity index (χ3v) is 2.57. The molecule has 4 nitrogen and oxygen atoms in total. The summed E-state index contributed by atoms with van der Waals surface area (Å²) < 4.78 is 0. The average Bonchev–Trinajstić information content (AvgIpc) is 2.17. The summed E-state index contributed by atoms with van der Waals surface area (Å²) in [4.78, 5) is 11.6. The number of benzene rings is 1. The summed E-state index contributed by atoms with van der Waals surface area (Å²) in [5, 5.41) is 18.7. The third kappa shape index (κ3) is 1.15. The molecule has 4 heteroatoms. The molecule has 1 aromatic rings. The molecule has 0 saturated carbocycles. The van der Waals surface area contributed by atoms with Crippen LogP contribution in [-0.4, -0.2) is 22.0 Å². The zero-order chi connectivity index (χ0) is 10.3. The smallest absolute Gasteiger partial charge is 0.179 e. The van der Waals surface area contributed by atoms with Gasteiger partial charge >= 0.3 is 0 Å². The molecule has 0 heterocycles. The molecule has 1 unspecified atom stereocenters. The molecule has 0 bridgehead atoms. The number of nitrogens with two attached hydrogens (primary N) is 1. The minimum Gasteiger partial charge on any atom is -0.504 e. The summed E-state index contributed by atoms with van der Waals surface area (Å²) in [5.74, 6) is -0.545. The maximum Gasteiger partial charge on any atom is 0.179 e. The molecule has 0 amide bonds. The number of aromatic hydroxyl groups is 2. The number of carbonyl (C=O) groups is 1. The standard InChI is InChI=1S/C10H11NO3/c11-7-3-1-6-5(9(7)13)2-4-8(12)10(6)14/h2,4,7,12,14H,1,3,11H2. The van der Waals surface area contributed by atoms with E-state index in [4.69, 9.17) is 5.73 Å². The van der Waals surface area contributed by atoms with Gasteiger partial charge in [0.25, 0.3) is 0 Å². The Morgan fingerprint density at radius 1 is 1.36 bits per heavy atom. The first-order chi connectivity index (χ1) is 6.61. The van der Waals surface area contributed by atoms with Gasteiger partial charge < -0.3 is 15.9 Å². The zero-order valence-corrected chi connectivity index (χ0v) is 7.53. The van der Waals surface area contributed by atoms with Gasteiger partial charge in [-0.3, -0.25) is 4.79 Å². The highest BCUT2D eigenvalue weighted by atomic mass is 16.3. The summed E-state index contributed by atoms with van der Waals surface area (Å²) >= 11 is 0. The van der Waals surface area contributed by atoms with Crippen molar-refractivity contribution in [1.29, 1.82) is 0 Å². The lowest BCUT2D eigenvalue weighted by atomic mass is 9.87. The van der Waals surface area contributed by atoms with Crippen LogP contribution in [0.25, 0.3) is 0 Å². The Morgan fingerprint density at radius 2 is 2.07 bits per heavy atom. The van der Waals surface area contributed by atoms with Crippen LogP contribution < -0.4 is 5.73 Å². The van der Waals surface area contributed by atoms with Crippen LogP contribution in [0.3, 0.4) is 0 Å². The molecule has 74 valence electrons. The fourth-order valence-electron chi connectivity index (χ4n) is 1.74. The second kappa shape index (κ2) is 2.99. The molecule has 0 aromatic heterocycles. The van der Waals surface area contributed by atoms with Crippen molar-refractivity contribution in [3.63, 3.8) is 0 Å². The highest BCUT2D eigenvalue weighted by molar-refractivity contribution is 6.03. The lowest BCUT2D eigenvalue weighted by molar-refractivity contribution is 0.0947. The van der Waals surface area contributed by atoms with E-state index >= 15 is 0 Å². The number of fused-ring (bicyclic) bond motifs is 1. The number of phenols is 2. The van der Waals surface area contributed by atoms with Crippen LogP contribution in [0.1, 0.15) is 22.3 Å². The Bertz CT molecular complexity index is 401. The molecule has 0 fully saturated rings. The van der Waals surface area contributed by atoms with E-state index in [0.717, 1.165) is 0 Å². The summed E-state index contributed by atoms with van der Waals surface area (Å²) in [6.07, 6.45) is 1.05. The monoisotopic (exact) mass is 193 g/mol. The molecule has 1 atom stereocenters. The second-order valence-corrected chi connectivity index (χ2v) is 3.47. The highest BCUT2D eigenvalue weighted by Gasteiger charge is 2.27. The van der Waals surface area contributed by atoms with Gasteiger partial charge in [-0.1, -0.05) is 0 Å². The molecule has 1 aliphatic carbocycles. The SMILES string of the molecule is NC1CCc2c(ccc(O)c2O)C1=O. The highest BCUT2D eigenvalue weighted by Crippen LogP contribution is 2.35. The first-order valence-electron chi connectivity index (χ1n) is 4.45. The Labute approximate surface area is 81.0 Å². The van der Waals surface area contributed by atoms with Crippen LogP contribution in [0.5, 0.6) is 11.5 Å². The maximum absolute atomic E-state index is 11.6. The minimum absolute atomic E-state index is 0.165. The van der Waals surface area contributed by atoms with E-state index in [2.05, 4.69) is 0 Å². The average molecular weight is 193 g/mol. The number of rotatable bonds is 0. The van der Waals surface area contributed by atoms with Gasteiger partial charge in [-0.2, -0.15) is 0 Å². The minimum atomic E-state index is -0.480. The van der Waals surface area contributed by atoms with Gasteiger partial charge in [0.05, 0.1) is 6.04 Å². The van der Waals surface area contributed by atoms with E-state index in [1.54, 1.807) is 0 Å². The quantitative estimate of drug-likeness (QED) is 0.525. The van der Waals surface area contributed by atoms with Crippen molar-refractivity contribution in [2.45, 2.75) is 18.9 Å². The van der Waals surface area contributed by atoms with Crippen molar-refractivity contribution >= 4 is 5.78 Å². The largest absolute Gasteiger partial charge is 0.504 e. The Balaban J connectivity index is 2.59. The fraction of sp³-hybridized carbons (Fsp3) is 0.300. The number of phenolic OH excluding ortho intramolecular Hbond substituents is 2. The molecule has 4 N–H and O–H groups in total. The number of carbonyl (C=O) groups excluding carboxylic acids is 1. The van der Waals surface area contributed by atoms with Gasteiger partial charge in [0.15, 0.2) is 17.3 Å². The molecule has 2 rings (SSSR count). The first kappa shape index (κ1) is 9.02. The predicted molar refractivity (Wildman–Crippen MR) is 50.4 cm³/mol. The van der Waals surface area contributed by atoms with Gasteiger partial charge in [-0.25, -0.2) is 0 Å². The Kier molecular flexibility index (Phi) is 1.93. The Morgan fingerprint density at radius 3 is 2.79 bits per heavy atom. The van der Waals surface area contributed by atoms with Crippen LogP contribution >= 0.6 is 0 Å². The van der Waals surface area contributed by atoms with Gasteiger partial charge in [0.1, 0.15) is 0 Å². The summed E-state index contributed by atoms with van der Waals surface area (Å²) in [7, 11) is 0. The topological polar surface area (TPSA) is 83.6 Å². The van der Waals surface area contributed by atoms with E-state index in [0.29, 0.717) is 24.0 Å². The predicted octanol–water partition coefficient (Wildman–Crippen LogP) is 0.554. The Hall–Kier alpha value is -1.55. The first-order valence-corrected chi connectivity index (χ1v) is 4.45. The van der Waals surface area contributed by atoms with Crippen LogP contribution in [0.15, 0.2) is 12.1 Å². The molecule has 0 radical (unpaired) electrons. The van der Waals surface area contributed by atoms with E-state index in [-0.39, 0.29) is 17.3 Å². The third-order valence-electron chi connectivity index (χ3n) is 2.57. The van der Waals surface area contributed by atoms with E-state index < -0.39 is 6.04 Å². The number of hydrogen-bond acceptors (Lipinski definition) is 4. The van der Waals surface area contributed by atoms with Gasteiger partial charge in [0.2, 0.25) is 0 Å². The van der Waals surface area contributed by atoms with Gasteiger partial charge in [-0.05, 0) is 25.0 Å². The van der Waals surface area contributed by atoms with Crippen molar-refractivity contribution in [3.05, 3.63) is 23.3 Å². The molecule has 1 aliphatic rings. The van der Waals surface area contributed by atoms with Crippen LogP contribution in [0, 0.1) is 0 Å². The molecular weight excluding hydrogens is 182 g/mol. The number of hydrogen-bond donors (Lipinski definition) is 3. The lowest BCUT2D eigenvalue weighted by Gasteiger charge is -2.20. The van der Waals surface area contributed by atoms with Crippen molar-refractivity contribution in [2.24, 2.45) is 5.73 Å². The number of Topliss-reactive ketones (excluding diaryl/α,β-unsaturated/α-hetero) is 1.